The monoisotopic (exact) mass is 296 g/mol. The summed E-state index contributed by atoms with van der Waals surface area (Å²) in [7, 11) is 0. The molecule has 2 rings (SSSR count). The Morgan fingerprint density at radius 3 is 2.68 bits per heavy atom. The van der Waals surface area contributed by atoms with Crippen molar-refractivity contribution in [1.82, 2.24) is 10.2 Å². The maximum atomic E-state index is 11.4. The van der Waals surface area contributed by atoms with E-state index in [9.17, 15) is 4.79 Å². The minimum Gasteiger partial charge on any atom is -0.461 e. The molecule has 0 amide bonds. The lowest BCUT2D eigenvalue weighted by Gasteiger charge is -2.01. The highest BCUT2D eigenvalue weighted by Gasteiger charge is 2.14. The van der Waals surface area contributed by atoms with Gasteiger partial charge in [0.1, 0.15) is 5.75 Å². The van der Waals surface area contributed by atoms with Gasteiger partial charge in [0.05, 0.1) is 6.61 Å². The molecule has 1 aromatic heterocycles. The van der Waals surface area contributed by atoms with Crippen molar-refractivity contribution in [2.24, 2.45) is 0 Å². The van der Waals surface area contributed by atoms with Crippen LogP contribution in [-0.2, 0) is 4.74 Å². The molecule has 0 spiro atoms. The summed E-state index contributed by atoms with van der Waals surface area (Å²) in [5, 5.41) is 8.04. The van der Waals surface area contributed by atoms with Crippen molar-refractivity contribution < 1.29 is 14.3 Å². The molecule has 0 N–H and O–H groups in total. The Hall–Kier alpha value is -1.60. The molecule has 0 saturated carbocycles. The van der Waals surface area contributed by atoms with Gasteiger partial charge in [0, 0.05) is 4.90 Å². The summed E-state index contributed by atoms with van der Waals surface area (Å²) in [6.07, 6.45) is 2.01. The van der Waals surface area contributed by atoms with Gasteiger partial charge in [0.2, 0.25) is 5.01 Å². The van der Waals surface area contributed by atoms with E-state index in [4.69, 9.17) is 9.47 Å². The van der Waals surface area contributed by atoms with E-state index in [0.29, 0.717) is 17.6 Å². The first-order valence-corrected chi connectivity index (χ1v) is 7.59. The van der Waals surface area contributed by atoms with Crippen LogP contribution in [-0.4, -0.2) is 29.0 Å². The van der Waals surface area contributed by atoms with E-state index < -0.39 is 5.97 Å². The fourth-order valence-electron chi connectivity index (χ4n) is 1.27. The molecule has 100 valence electrons. The molecule has 2 aromatic rings. The van der Waals surface area contributed by atoms with Gasteiger partial charge in [0.25, 0.3) is 5.19 Å². The Bertz CT molecular complexity index is 554. The van der Waals surface area contributed by atoms with Gasteiger partial charge >= 0.3 is 5.97 Å². The lowest BCUT2D eigenvalue weighted by Crippen LogP contribution is -2.03. The highest BCUT2D eigenvalue weighted by atomic mass is 32.2. The van der Waals surface area contributed by atoms with Crippen molar-refractivity contribution in [3.05, 3.63) is 29.3 Å². The average Bonchev–Trinajstić information content (AvgIpc) is 2.88. The van der Waals surface area contributed by atoms with Crippen LogP contribution in [0.5, 0.6) is 10.9 Å². The largest absolute Gasteiger partial charge is 0.461 e. The average molecular weight is 296 g/mol. The van der Waals surface area contributed by atoms with E-state index in [0.717, 1.165) is 16.2 Å². The van der Waals surface area contributed by atoms with Gasteiger partial charge in [0.15, 0.2) is 0 Å². The Balaban J connectivity index is 2.04. The van der Waals surface area contributed by atoms with Crippen LogP contribution in [0.15, 0.2) is 29.2 Å². The predicted octanol–water partition coefficient (Wildman–Crippen LogP) is 3.23. The molecule has 0 aliphatic heterocycles. The first-order chi connectivity index (χ1) is 9.22. The van der Waals surface area contributed by atoms with E-state index in [1.165, 1.54) is 0 Å². The third-order valence-corrected chi connectivity index (χ3v) is 3.65. The first kappa shape index (κ1) is 13.8. The van der Waals surface area contributed by atoms with Crippen LogP contribution in [0, 0.1) is 0 Å². The molecule has 19 heavy (non-hydrogen) atoms. The van der Waals surface area contributed by atoms with E-state index >= 15 is 0 Å². The fourth-order valence-corrected chi connectivity index (χ4v) is 2.29. The molecular formula is C12H12N2O3S2. The Kier molecular flexibility index (Phi) is 4.75. The van der Waals surface area contributed by atoms with Crippen LogP contribution in [0.2, 0.25) is 0 Å². The number of carbonyl (C=O) groups is 1. The van der Waals surface area contributed by atoms with Crippen LogP contribution in [0.3, 0.4) is 0 Å². The summed E-state index contributed by atoms with van der Waals surface area (Å²) in [4.78, 5) is 12.6. The fraction of sp³-hybridized carbons (Fsp3) is 0.250. The van der Waals surface area contributed by atoms with Crippen LogP contribution in [0.1, 0.15) is 16.7 Å². The topological polar surface area (TPSA) is 61.3 Å². The van der Waals surface area contributed by atoms with Gasteiger partial charge in [-0.1, -0.05) is 5.10 Å². The second-order valence-corrected chi connectivity index (χ2v) is 5.19. The van der Waals surface area contributed by atoms with Gasteiger partial charge in [-0.2, -0.15) is 0 Å². The molecule has 0 unspecified atom stereocenters. The standard InChI is InChI=1S/C12H12N2O3S2/c1-3-16-11(15)10-13-14-12(19-10)17-8-4-6-9(18-2)7-5-8/h4-7H,3H2,1-2H3. The minimum atomic E-state index is -0.479. The van der Waals surface area contributed by atoms with Crippen molar-refractivity contribution in [2.45, 2.75) is 11.8 Å². The number of ether oxygens (including phenoxy) is 2. The van der Waals surface area contributed by atoms with Gasteiger partial charge in [-0.05, 0) is 48.8 Å². The van der Waals surface area contributed by atoms with E-state index in [1.54, 1.807) is 18.7 Å². The number of benzene rings is 1. The van der Waals surface area contributed by atoms with Crippen LogP contribution < -0.4 is 4.74 Å². The van der Waals surface area contributed by atoms with Crippen LogP contribution in [0.25, 0.3) is 0 Å². The number of aromatic nitrogens is 2. The van der Waals surface area contributed by atoms with Gasteiger partial charge in [-0.3, -0.25) is 0 Å². The van der Waals surface area contributed by atoms with Crippen LogP contribution in [0.4, 0.5) is 0 Å². The number of hydrogen-bond donors (Lipinski definition) is 0. The predicted molar refractivity (Wildman–Crippen MR) is 74.2 cm³/mol. The van der Waals surface area contributed by atoms with Crippen molar-refractivity contribution in [3.63, 3.8) is 0 Å². The summed E-state index contributed by atoms with van der Waals surface area (Å²) in [5.41, 5.74) is 0. The van der Waals surface area contributed by atoms with E-state index in [2.05, 4.69) is 10.2 Å². The zero-order chi connectivity index (χ0) is 13.7. The number of thioether (sulfide) groups is 1. The smallest absolute Gasteiger partial charge is 0.369 e. The molecule has 7 heteroatoms. The summed E-state index contributed by atoms with van der Waals surface area (Å²) in [6.45, 7) is 2.05. The second kappa shape index (κ2) is 6.53. The van der Waals surface area contributed by atoms with Crippen LogP contribution >= 0.6 is 23.1 Å². The quantitative estimate of drug-likeness (QED) is 0.623. The molecule has 0 radical (unpaired) electrons. The molecule has 0 aliphatic carbocycles. The van der Waals surface area contributed by atoms with Crippen molar-refractivity contribution in [2.75, 3.05) is 12.9 Å². The highest BCUT2D eigenvalue weighted by molar-refractivity contribution is 7.98. The summed E-state index contributed by atoms with van der Waals surface area (Å²) in [6, 6.07) is 7.59. The Morgan fingerprint density at radius 1 is 1.32 bits per heavy atom. The normalized spacial score (nSPS) is 10.2. The minimum absolute atomic E-state index is 0.192. The first-order valence-electron chi connectivity index (χ1n) is 5.55. The van der Waals surface area contributed by atoms with Crippen molar-refractivity contribution in [1.29, 1.82) is 0 Å². The van der Waals surface area contributed by atoms with E-state index in [1.807, 2.05) is 30.5 Å². The summed E-state index contributed by atoms with van der Waals surface area (Å²) >= 11 is 2.72. The Morgan fingerprint density at radius 2 is 2.05 bits per heavy atom. The summed E-state index contributed by atoms with van der Waals surface area (Å²) in [5.74, 6) is 0.178. The SMILES string of the molecule is CCOC(=O)c1nnc(Oc2ccc(SC)cc2)s1. The third kappa shape index (κ3) is 3.68. The molecule has 1 aromatic carbocycles. The lowest BCUT2D eigenvalue weighted by atomic mass is 10.3. The second-order valence-electron chi connectivity index (χ2n) is 3.37. The molecular weight excluding hydrogens is 284 g/mol. The lowest BCUT2D eigenvalue weighted by molar-refractivity contribution is 0.0525. The maximum Gasteiger partial charge on any atom is 0.369 e. The molecule has 1 heterocycles. The maximum absolute atomic E-state index is 11.4. The number of rotatable bonds is 5. The molecule has 0 bridgehead atoms. The van der Waals surface area contributed by atoms with Gasteiger partial charge < -0.3 is 9.47 Å². The third-order valence-electron chi connectivity index (χ3n) is 2.12. The Labute approximate surface area is 119 Å². The molecule has 0 fully saturated rings. The zero-order valence-corrected chi connectivity index (χ0v) is 12.1. The van der Waals surface area contributed by atoms with Crippen molar-refractivity contribution in [3.8, 4) is 10.9 Å². The number of esters is 1. The number of nitrogens with zero attached hydrogens (tertiary/aromatic N) is 2. The molecule has 0 saturated heterocycles. The van der Waals surface area contributed by atoms with Gasteiger partial charge in [-0.15, -0.1) is 16.9 Å². The molecule has 0 atom stereocenters. The van der Waals surface area contributed by atoms with Crippen molar-refractivity contribution >= 4 is 29.1 Å². The summed E-state index contributed by atoms with van der Waals surface area (Å²) < 4.78 is 10.3. The number of carbonyl (C=O) groups excluding carboxylic acids is 1. The van der Waals surface area contributed by atoms with Gasteiger partial charge in [-0.25, -0.2) is 4.79 Å². The number of hydrogen-bond acceptors (Lipinski definition) is 7. The molecule has 0 aliphatic rings. The zero-order valence-electron chi connectivity index (χ0n) is 10.5. The highest BCUT2D eigenvalue weighted by Crippen LogP contribution is 2.26. The molecule has 5 nitrogen and oxygen atoms in total. The van der Waals surface area contributed by atoms with E-state index in [-0.39, 0.29) is 5.01 Å².